The second kappa shape index (κ2) is 5.56. The highest BCUT2D eigenvalue weighted by molar-refractivity contribution is 7.92. The number of rotatable bonds is 4. The molecule has 0 aliphatic heterocycles. The van der Waals surface area contributed by atoms with Crippen LogP contribution in [0, 0.1) is 0 Å². The number of halogens is 1. The van der Waals surface area contributed by atoms with Gasteiger partial charge in [0.1, 0.15) is 4.90 Å². The number of sulfonamides is 1. The molecule has 0 atom stereocenters. The second-order valence-corrected chi connectivity index (χ2v) is 5.96. The van der Waals surface area contributed by atoms with Crippen molar-refractivity contribution in [2.24, 2.45) is 0 Å². The molecule has 1 heterocycles. The van der Waals surface area contributed by atoms with Gasteiger partial charge in [-0.3, -0.25) is 4.72 Å². The van der Waals surface area contributed by atoms with E-state index in [1.807, 2.05) is 0 Å². The number of benzene rings is 1. The van der Waals surface area contributed by atoms with Crippen molar-refractivity contribution >= 4 is 33.0 Å². The molecule has 1 aromatic heterocycles. The maximum absolute atomic E-state index is 12.2. The van der Waals surface area contributed by atoms with Gasteiger partial charge in [0.15, 0.2) is 0 Å². The molecular formula is C12H12ClN3O3S. The standard InChI is InChI=1S/C12H12ClN3O3S/c1-19-12-5-3-9(7-15-12)16-20(17,18)11-4-2-8(13)6-10(11)14/h2-7,16H,14H2,1H3. The molecule has 2 aromatic rings. The van der Waals surface area contributed by atoms with Crippen molar-refractivity contribution in [1.29, 1.82) is 0 Å². The van der Waals surface area contributed by atoms with Crippen molar-refractivity contribution in [2.45, 2.75) is 4.90 Å². The Kier molecular flexibility index (Phi) is 4.01. The summed E-state index contributed by atoms with van der Waals surface area (Å²) in [5.41, 5.74) is 6.05. The van der Waals surface area contributed by atoms with Gasteiger partial charge in [0.25, 0.3) is 10.0 Å². The van der Waals surface area contributed by atoms with Crippen molar-refractivity contribution in [2.75, 3.05) is 17.6 Å². The number of nitrogens with one attached hydrogen (secondary N) is 1. The van der Waals surface area contributed by atoms with Crippen LogP contribution in [0.15, 0.2) is 41.4 Å². The summed E-state index contributed by atoms with van der Waals surface area (Å²) in [5.74, 6) is 0.388. The predicted octanol–water partition coefficient (Wildman–Crippen LogP) is 2.13. The Morgan fingerprint density at radius 1 is 1.30 bits per heavy atom. The van der Waals surface area contributed by atoms with Gasteiger partial charge in [0.05, 0.1) is 24.7 Å². The largest absolute Gasteiger partial charge is 0.481 e. The van der Waals surface area contributed by atoms with E-state index in [-0.39, 0.29) is 10.6 Å². The molecule has 8 heteroatoms. The molecule has 3 N–H and O–H groups in total. The maximum atomic E-state index is 12.2. The molecule has 20 heavy (non-hydrogen) atoms. The fraction of sp³-hybridized carbons (Fsp3) is 0.0833. The van der Waals surface area contributed by atoms with Crippen LogP contribution in [0.1, 0.15) is 0 Å². The number of hydrogen-bond acceptors (Lipinski definition) is 5. The summed E-state index contributed by atoms with van der Waals surface area (Å²) in [7, 11) is -2.32. The first-order valence-electron chi connectivity index (χ1n) is 5.50. The fourth-order valence-corrected chi connectivity index (χ4v) is 2.87. The number of nitrogens with two attached hydrogens (primary N) is 1. The fourth-order valence-electron chi connectivity index (χ4n) is 1.54. The minimum absolute atomic E-state index is 0.0438. The van der Waals surface area contributed by atoms with Gasteiger partial charge in [0.2, 0.25) is 5.88 Å². The van der Waals surface area contributed by atoms with Gasteiger partial charge >= 0.3 is 0 Å². The van der Waals surface area contributed by atoms with Gasteiger partial charge in [-0.05, 0) is 24.3 Å². The van der Waals surface area contributed by atoms with E-state index in [0.29, 0.717) is 16.6 Å². The molecule has 0 amide bonds. The molecule has 0 bridgehead atoms. The first-order valence-corrected chi connectivity index (χ1v) is 7.36. The Labute approximate surface area is 121 Å². The zero-order valence-corrected chi connectivity index (χ0v) is 12.1. The lowest BCUT2D eigenvalue weighted by molar-refractivity contribution is 0.398. The van der Waals surface area contributed by atoms with Gasteiger partial charge in [-0.2, -0.15) is 0 Å². The molecule has 0 radical (unpaired) electrons. The predicted molar refractivity (Wildman–Crippen MR) is 77.5 cm³/mol. The topological polar surface area (TPSA) is 94.3 Å². The third-order valence-corrected chi connectivity index (χ3v) is 4.15. The van der Waals surface area contributed by atoms with E-state index in [2.05, 4.69) is 9.71 Å². The quantitative estimate of drug-likeness (QED) is 0.843. The summed E-state index contributed by atoms with van der Waals surface area (Å²) in [6, 6.07) is 7.26. The van der Waals surface area contributed by atoms with Crippen LogP contribution in [0.4, 0.5) is 11.4 Å². The summed E-state index contributed by atoms with van der Waals surface area (Å²) < 4.78 is 31.7. The van der Waals surface area contributed by atoms with Crippen LogP contribution in [0.5, 0.6) is 5.88 Å². The van der Waals surface area contributed by atoms with Gasteiger partial charge in [-0.15, -0.1) is 0 Å². The minimum Gasteiger partial charge on any atom is -0.481 e. The number of methoxy groups -OCH3 is 1. The van der Waals surface area contributed by atoms with Gasteiger partial charge < -0.3 is 10.5 Å². The Morgan fingerprint density at radius 3 is 2.60 bits per heavy atom. The van der Waals surface area contributed by atoms with Crippen LogP contribution in [-0.2, 0) is 10.0 Å². The van der Waals surface area contributed by atoms with Gasteiger partial charge in [0, 0.05) is 11.1 Å². The highest BCUT2D eigenvalue weighted by Crippen LogP contribution is 2.24. The lowest BCUT2D eigenvalue weighted by atomic mass is 10.3. The smallest absolute Gasteiger partial charge is 0.263 e. The van der Waals surface area contributed by atoms with E-state index >= 15 is 0 Å². The molecule has 2 rings (SSSR count). The van der Waals surface area contributed by atoms with E-state index in [4.69, 9.17) is 22.1 Å². The molecule has 6 nitrogen and oxygen atoms in total. The summed E-state index contributed by atoms with van der Waals surface area (Å²) in [4.78, 5) is 3.87. The number of nitrogen functional groups attached to an aromatic ring is 1. The Balaban J connectivity index is 2.30. The molecule has 0 aliphatic rings. The molecule has 0 aliphatic carbocycles. The molecule has 0 fully saturated rings. The average molecular weight is 314 g/mol. The van der Waals surface area contributed by atoms with Crippen LogP contribution >= 0.6 is 11.6 Å². The second-order valence-electron chi connectivity index (χ2n) is 3.88. The van der Waals surface area contributed by atoms with Crippen molar-refractivity contribution < 1.29 is 13.2 Å². The highest BCUT2D eigenvalue weighted by atomic mass is 35.5. The van der Waals surface area contributed by atoms with E-state index in [0.717, 1.165) is 0 Å². The molecule has 1 aromatic carbocycles. The first-order chi connectivity index (χ1) is 9.42. The first kappa shape index (κ1) is 14.4. The van der Waals surface area contributed by atoms with Crippen LogP contribution in [0.3, 0.4) is 0 Å². The number of pyridine rings is 1. The lowest BCUT2D eigenvalue weighted by Gasteiger charge is -2.10. The third-order valence-electron chi connectivity index (χ3n) is 2.46. The van der Waals surface area contributed by atoms with E-state index < -0.39 is 10.0 Å². The zero-order chi connectivity index (χ0) is 14.8. The van der Waals surface area contributed by atoms with E-state index in [1.54, 1.807) is 6.07 Å². The number of nitrogens with zero attached hydrogens (tertiary/aromatic N) is 1. The van der Waals surface area contributed by atoms with Crippen molar-refractivity contribution in [3.05, 3.63) is 41.6 Å². The molecule has 106 valence electrons. The Bertz CT molecular complexity index is 717. The molecule has 0 saturated heterocycles. The number of ether oxygens (including phenoxy) is 1. The van der Waals surface area contributed by atoms with Gasteiger partial charge in [-0.25, -0.2) is 13.4 Å². The van der Waals surface area contributed by atoms with E-state index in [1.165, 1.54) is 37.6 Å². The zero-order valence-electron chi connectivity index (χ0n) is 10.5. The number of aromatic nitrogens is 1. The molecule has 0 spiro atoms. The number of hydrogen-bond donors (Lipinski definition) is 2. The third kappa shape index (κ3) is 3.12. The summed E-state index contributed by atoms with van der Waals surface area (Å²) in [6.45, 7) is 0. The Morgan fingerprint density at radius 2 is 2.05 bits per heavy atom. The van der Waals surface area contributed by atoms with Crippen LogP contribution in [0.2, 0.25) is 5.02 Å². The average Bonchev–Trinajstić information content (AvgIpc) is 2.38. The summed E-state index contributed by atoms with van der Waals surface area (Å²) >= 11 is 5.74. The van der Waals surface area contributed by atoms with Crippen LogP contribution < -0.4 is 15.2 Å². The normalized spacial score (nSPS) is 11.1. The molecular weight excluding hydrogens is 302 g/mol. The molecule has 0 saturated carbocycles. The lowest BCUT2D eigenvalue weighted by Crippen LogP contribution is -2.14. The number of anilines is 2. The summed E-state index contributed by atoms with van der Waals surface area (Å²) in [6.07, 6.45) is 1.35. The van der Waals surface area contributed by atoms with Crippen molar-refractivity contribution in [3.8, 4) is 5.88 Å². The SMILES string of the molecule is COc1ccc(NS(=O)(=O)c2ccc(Cl)cc2N)cn1. The van der Waals surface area contributed by atoms with Crippen LogP contribution in [0.25, 0.3) is 0 Å². The highest BCUT2D eigenvalue weighted by Gasteiger charge is 2.17. The maximum Gasteiger partial charge on any atom is 0.263 e. The van der Waals surface area contributed by atoms with Crippen LogP contribution in [-0.4, -0.2) is 20.5 Å². The van der Waals surface area contributed by atoms with Gasteiger partial charge in [-0.1, -0.05) is 11.6 Å². The van der Waals surface area contributed by atoms with Crippen molar-refractivity contribution in [1.82, 2.24) is 4.98 Å². The Hall–Kier alpha value is -1.99. The van der Waals surface area contributed by atoms with E-state index in [9.17, 15) is 8.42 Å². The van der Waals surface area contributed by atoms with Crippen molar-refractivity contribution in [3.63, 3.8) is 0 Å². The molecule has 0 unspecified atom stereocenters. The summed E-state index contributed by atoms with van der Waals surface area (Å²) in [5, 5.41) is 0.368. The minimum atomic E-state index is -3.79. The monoisotopic (exact) mass is 313 g/mol.